The summed E-state index contributed by atoms with van der Waals surface area (Å²) in [6, 6.07) is 0. The average Bonchev–Trinajstić information content (AvgIpc) is 2.71. The van der Waals surface area contributed by atoms with Gasteiger partial charge in [0, 0.05) is 18.6 Å². The van der Waals surface area contributed by atoms with Crippen LogP contribution in [0.25, 0.3) is 0 Å². The number of hydrogen-bond donors (Lipinski definition) is 1. The van der Waals surface area contributed by atoms with Crippen molar-refractivity contribution in [2.75, 3.05) is 39.8 Å². The maximum atomic E-state index is 6.24. The van der Waals surface area contributed by atoms with Gasteiger partial charge in [0.05, 0.1) is 0 Å². The Bertz CT molecular complexity index is 275. The Morgan fingerprint density at radius 3 is 2.50 bits per heavy atom. The fourth-order valence-electron chi connectivity index (χ4n) is 4.24. The Morgan fingerprint density at radius 2 is 1.85 bits per heavy atom. The van der Waals surface area contributed by atoms with E-state index in [-0.39, 0.29) is 5.54 Å². The number of rotatable bonds is 5. The van der Waals surface area contributed by atoms with Crippen LogP contribution in [0.2, 0.25) is 0 Å². The largest absolute Gasteiger partial charge is 0.329 e. The van der Waals surface area contributed by atoms with Gasteiger partial charge in [-0.05, 0) is 64.7 Å². The van der Waals surface area contributed by atoms with Gasteiger partial charge in [-0.2, -0.15) is 0 Å². The highest BCUT2D eigenvalue weighted by Crippen LogP contribution is 2.31. The molecule has 1 saturated heterocycles. The van der Waals surface area contributed by atoms with E-state index in [0.29, 0.717) is 0 Å². The molecule has 1 aliphatic heterocycles. The molecule has 0 amide bonds. The van der Waals surface area contributed by atoms with E-state index < -0.39 is 0 Å². The molecule has 0 spiro atoms. The van der Waals surface area contributed by atoms with Gasteiger partial charge in [-0.3, -0.25) is 4.90 Å². The van der Waals surface area contributed by atoms with Gasteiger partial charge >= 0.3 is 0 Å². The first-order valence-electron chi connectivity index (χ1n) is 8.84. The van der Waals surface area contributed by atoms with Gasteiger partial charge in [0.1, 0.15) is 0 Å². The molecule has 0 radical (unpaired) electrons. The van der Waals surface area contributed by atoms with E-state index in [4.69, 9.17) is 5.73 Å². The van der Waals surface area contributed by atoms with Gasteiger partial charge in [-0.15, -0.1) is 0 Å². The van der Waals surface area contributed by atoms with E-state index in [9.17, 15) is 0 Å². The minimum absolute atomic E-state index is 0.265. The second-order valence-electron chi connectivity index (χ2n) is 7.10. The molecule has 118 valence electrons. The Kier molecular flexibility index (Phi) is 6.31. The first-order valence-corrected chi connectivity index (χ1v) is 8.84. The second-order valence-corrected chi connectivity index (χ2v) is 7.10. The molecule has 0 bridgehead atoms. The number of nitrogens with two attached hydrogens (primary N) is 1. The lowest BCUT2D eigenvalue weighted by Gasteiger charge is -2.43. The fraction of sp³-hybridized carbons (Fsp3) is 1.00. The minimum atomic E-state index is 0.265. The standard InChI is InChI=1S/C17H35N3/c1-3-20-12-7-10-17(15-18,11-13-20)19(2)14-16-8-5-4-6-9-16/h16H,3-15,18H2,1-2H3. The van der Waals surface area contributed by atoms with Crippen LogP contribution in [0.3, 0.4) is 0 Å². The number of likely N-dealkylation sites (tertiary alicyclic amines) is 1. The van der Waals surface area contributed by atoms with Crippen molar-refractivity contribution in [3.63, 3.8) is 0 Å². The SMILES string of the molecule is CCN1CCCC(CN)(N(C)CC2CCCCC2)CC1. The highest BCUT2D eigenvalue weighted by atomic mass is 15.2. The predicted octanol–water partition coefficient (Wildman–Crippen LogP) is 2.70. The lowest BCUT2D eigenvalue weighted by atomic mass is 9.84. The molecule has 0 aromatic heterocycles. The van der Waals surface area contributed by atoms with Crippen LogP contribution in [-0.4, -0.2) is 55.1 Å². The van der Waals surface area contributed by atoms with Gasteiger partial charge in [-0.25, -0.2) is 0 Å². The maximum Gasteiger partial charge on any atom is 0.0341 e. The highest BCUT2D eigenvalue weighted by Gasteiger charge is 2.35. The summed E-state index contributed by atoms with van der Waals surface area (Å²) in [6.07, 6.45) is 11.0. The van der Waals surface area contributed by atoms with Crippen molar-refractivity contribution in [1.82, 2.24) is 9.80 Å². The summed E-state index contributed by atoms with van der Waals surface area (Å²) in [7, 11) is 2.34. The van der Waals surface area contributed by atoms with Crippen LogP contribution in [0.5, 0.6) is 0 Å². The lowest BCUT2D eigenvalue weighted by Crippen LogP contribution is -2.54. The number of nitrogens with zero attached hydrogens (tertiary/aromatic N) is 2. The number of likely N-dealkylation sites (N-methyl/N-ethyl adjacent to an activating group) is 1. The summed E-state index contributed by atoms with van der Waals surface area (Å²) in [5.74, 6) is 0.919. The van der Waals surface area contributed by atoms with Crippen molar-refractivity contribution in [3.8, 4) is 0 Å². The molecule has 1 atom stereocenters. The third-order valence-electron chi connectivity index (χ3n) is 5.90. The molecule has 3 nitrogen and oxygen atoms in total. The Hall–Kier alpha value is -0.120. The van der Waals surface area contributed by atoms with Crippen LogP contribution >= 0.6 is 0 Å². The zero-order valence-corrected chi connectivity index (χ0v) is 13.7. The summed E-state index contributed by atoms with van der Waals surface area (Å²) < 4.78 is 0. The highest BCUT2D eigenvalue weighted by molar-refractivity contribution is 4.94. The Morgan fingerprint density at radius 1 is 1.10 bits per heavy atom. The molecule has 20 heavy (non-hydrogen) atoms. The maximum absolute atomic E-state index is 6.24. The molecule has 0 aromatic rings. The molecular formula is C17H35N3. The summed E-state index contributed by atoms with van der Waals surface area (Å²) in [6.45, 7) is 8.05. The van der Waals surface area contributed by atoms with E-state index in [0.717, 1.165) is 12.5 Å². The van der Waals surface area contributed by atoms with Crippen LogP contribution < -0.4 is 5.73 Å². The minimum Gasteiger partial charge on any atom is -0.329 e. The van der Waals surface area contributed by atoms with Crippen LogP contribution in [0.1, 0.15) is 58.3 Å². The molecule has 1 unspecified atom stereocenters. The summed E-state index contributed by atoms with van der Waals surface area (Å²) in [5, 5.41) is 0. The molecule has 1 saturated carbocycles. The molecule has 2 N–H and O–H groups in total. The van der Waals surface area contributed by atoms with Gasteiger partial charge in [-0.1, -0.05) is 26.2 Å². The number of hydrogen-bond acceptors (Lipinski definition) is 3. The second kappa shape index (κ2) is 7.77. The first-order chi connectivity index (χ1) is 9.70. The molecule has 1 heterocycles. The third-order valence-corrected chi connectivity index (χ3v) is 5.90. The molecule has 2 fully saturated rings. The van der Waals surface area contributed by atoms with Crippen molar-refractivity contribution in [1.29, 1.82) is 0 Å². The Balaban J connectivity index is 1.93. The van der Waals surface area contributed by atoms with Crippen molar-refractivity contribution in [3.05, 3.63) is 0 Å². The van der Waals surface area contributed by atoms with Crippen molar-refractivity contribution in [2.45, 2.75) is 63.8 Å². The zero-order chi connectivity index (χ0) is 14.4. The fourth-order valence-corrected chi connectivity index (χ4v) is 4.24. The smallest absolute Gasteiger partial charge is 0.0341 e. The van der Waals surface area contributed by atoms with Crippen molar-refractivity contribution in [2.24, 2.45) is 11.7 Å². The predicted molar refractivity (Wildman–Crippen MR) is 87.0 cm³/mol. The molecule has 2 aliphatic rings. The van der Waals surface area contributed by atoms with Gasteiger partial charge in [0.2, 0.25) is 0 Å². The van der Waals surface area contributed by atoms with Gasteiger partial charge in [0.25, 0.3) is 0 Å². The van der Waals surface area contributed by atoms with Crippen LogP contribution in [-0.2, 0) is 0 Å². The van der Waals surface area contributed by atoms with E-state index in [1.54, 1.807) is 0 Å². The van der Waals surface area contributed by atoms with Gasteiger partial charge in [0.15, 0.2) is 0 Å². The monoisotopic (exact) mass is 281 g/mol. The van der Waals surface area contributed by atoms with Crippen molar-refractivity contribution < 1.29 is 0 Å². The quantitative estimate of drug-likeness (QED) is 0.841. The summed E-state index contributed by atoms with van der Waals surface area (Å²) in [4.78, 5) is 5.23. The third kappa shape index (κ3) is 3.96. The average molecular weight is 281 g/mol. The molecule has 0 aromatic carbocycles. The molecule has 3 heteroatoms. The summed E-state index contributed by atoms with van der Waals surface area (Å²) in [5.41, 5.74) is 6.51. The van der Waals surface area contributed by atoms with E-state index >= 15 is 0 Å². The van der Waals surface area contributed by atoms with Crippen LogP contribution in [0, 0.1) is 5.92 Å². The van der Waals surface area contributed by atoms with Crippen LogP contribution in [0.15, 0.2) is 0 Å². The molecular weight excluding hydrogens is 246 g/mol. The lowest BCUT2D eigenvalue weighted by molar-refractivity contribution is 0.0809. The molecule has 1 aliphatic carbocycles. The van der Waals surface area contributed by atoms with Gasteiger partial charge < -0.3 is 10.6 Å². The van der Waals surface area contributed by atoms with E-state index in [2.05, 4.69) is 23.8 Å². The normalized spacial score (nSPS) is 30.6. The van der Waals surface area contributed by atoms with Crippen LogP contribution in [0.4, 0.5) is 0 Å². The van der Waals surface area contributed by atoms with E-state index in [1.165, 1.54) is 77.5 Å². The zero-order valence-electron chi connectivity index (χ0n) is 13.7. The first kappa shape index (κ1) is 16.3. The molecule has 2 rings (SSSR count). The van der Waals surface area contributed by atoms with Crippen molar-refractivity contribution >= 4 is 0 Å². The summed E-state index contributed by atoms with van der Waals surface area (Å²) >= 11 is 0. The topological polar surface area (TPSA) is 32.5 Å². The van der Waals surface area contributed by atoms with E-state index in [1.807, 2.05) is 0 Å². The Labute approximate surface area is 125 Å².